The first-order valence-electron chi connectivity index (χ1n) is 12.7. The van der Waals surface area contributed by atoms with E-state index >= 15 is 0 Å². The van der Waals surface area contributed by atoms with Gasteiger partial charge >= 0.3 is 5.97 Å². The normalized spacial score (nSPS) is 11.8. The van der Waals surface area contributed by atoms with Crippen LogP contribution < -0.4 is 20.2 Å². The third-order valence-corrected chi connectivity index (χ3v) is 7.10. The van der Waals surface area contributed by atoms with Gasteiger partial charge in [-0.05, 0) is 67.9 Å². The number of nitrogens with one attached hydrogen (secondary N) is 1. The van der Waals surface area contributed by atoms with Crippen molar-refractivity contribution in [1.29, 1.82) is 0 Å². The fourth-order valence-electron chi connectivity index (χ4n) is 4.13. The van der Waals surface area contributed by atoms with Gasteiger partial charge in [0.1, 0.15) is 11.3 Å². The van der Waals surface area contributed by atoms with Gasteiger partial charge in [0.2, 0.25) is 11.2 Å². The summed E-state index contributed by atoms with van der Waals surface area (Å²) >= 11 is 1.22. The van der Waals surface area contributed by atoms with Crippen LogP contribution in [0.4, 0.5) is 5.13 Å². The Morgan fingerprint density at radius 1 is 1.05 bits per heavy atom. The maximum Gasteiger partial charge on any atom is 0.338 e. The van der Waals surface area contributed by atoms with Crippen LogP contribution in [0.5, 0.6) is 11.5 Å². The number of nitrogens with zero attached hydrogens (tertiary/aromatic N) is 1. The number of benzene rings is 3. The molecule has 5 aromatic rings. The summed E-state index contributed by atoms with van der Waals surface area (Å²) in [7, 11) is 1.56. The Morgan fingerprint density at radius 3 is 2.55 bits per heavy atom. The Morgan fingerprint density at radius 2 is 1.82 bits per heavy atom. The largest absolute Gasteiger partial charge is 0.497 e. The summed E-state index contributed by atoms with van der Waals surface area (Å²) < 4.78 is 23.2. The minimum Gasteiger partial charge on any atom is -0.497 e. The number of hydrogen-bond acceptors (Lipinski definition) is 9. The number of carbonyl (C=O) groups is 2. The number of thiazole rings is 1. The first kappa shape index (κ1) is 26.9. The number of aromatic nitrogens is 1. The molecule has 0 saturated heterocycles. The van der Waals surface area contributed by atoms with Crippen LogP contribution >= 0.6 is 11.3 Å². The highest BCUT2D eigenvalue weighted by atomic mass is 32.1. The van der Waals surface area contributed by atoms with Gasteiger partial charge in [-0.2, -0.15) is 0 Å². The lowest BCUT2D eigenvalue weighted by Crippen LogP contribution is -2.34. The van der Waals surface area contributed by atoms with Crippen molar-refractivity contribution in [3.8, 4) is 22.8 Å². The number of hydrogen-bond donors (Lipinski definition) is 1. The van der Waals surface area contributed by atoms with Gasteiger partial charge < -0.3 is 18.6 Å². The first-order valence-corrected chi connectivity index (χ1v) is 13.5. The van der Waals surface area contributed by atoms with Crippen molar-refractivity contribution in [3.63, 3.8) is 0 Å². The molecule has 0 radical (unpaired) electrons. The SMILES string of the molecule is CCOC(=O)c1ccc2nc(NC(=O)C(CC)Oc3c(-c4ccc(OC)cc4)oc4ccccc4c3=O)sc2c1. The second-order valence-electron chi connectivity index (χ2n) is 8.74. The van der Waals surface area contributed by atoms with Crippen molar-refractivity contribution in [2.75, 3.05) is 19.0 Å². The second kappa shape index (κ2) is 11.6. The van der Waals surface area contributed by atoms with Gasteiger partial charge in [0, 0.05) is 5.56 Å². The summed E-state index contributed by atoms with van der Waals surface area (Å²) in [5, 5.41) is 3.46. The van der Waals surface area contributed by atoms with E-state index in [1.54, 1.807) is 87.7 Å². The summed E-state index contributed by atoms with van der Waals surface area (Å²) in [6.45, 7) is 3.80. The monoisotopic (exact) mass is 558 g/mol. The van der Waals surface area contributed by atoms with E-state index in [-0.39, 0.29) is 30.0 Å². The Hall–Kier alpha value is -4.70. The van der Waals surface area contributed by atoms with Crippen molar-refractivity contribution in [2.24, 2.45) is 0 Å². The smallest absolute Gasteiger partial charge is 0.338 e. The molecule has 1 amide bonds. The summed E-state index contributed by atoms with van der Waals surface area (Å²) in [5.41, 5.74) is 1.64. The van der Waals surface area contributed by atoms with E-state index in [0.29, 0.717) is 43.2 Å². The highest BCUT2D eigenvalue weighted by Gasteiger charge is 2.26. The van der Waals surface area contributed by atoms with Crippen LogP contribution in [0.25, 0.3) is 32.5 Å². The van der Waals surface area contributed by atoms with Crippen molar-refractivity contribution >= 4 is 49.5 Å². The van der Waals surface area contributed by atoms with E-state index in [9.17, 15) is 14.4 Å². The van der Waals surface area contributed by atoms with Crippen molar-refractivity contribution in [3.05, 3.63) is 82.5 Å². The molecular formula is C30H26N2O7S. The molecule has 204 valence electrons. The molecule has 0 saturated carbocycles. The van der Waals surface area contributed by atoms with Crippen LogP contribution in [0.15, 0.2) is 75.9 Å². The minimum atomic E-state index is -1.01. The van der Waals surface area contributed by atoms with E-state index < -0.39 is 18.0 Å². The molecule has 0 aliphatic heterocycles. The standard InChI is InChI=1S/C30H26N2O7S/c1-4-22(28(34)32-30-31-21-15-12-18(16-24(21)40-30)29(35)37-5-2)38-27-25(33)20-8-6-7-9-23(20)39-26(27)17-10-13-19(36-3)14-11-17/h6-16,22H,4-5H2,1-3H3,(H,31,32,34). The summed E-state index contributed by atoms with van der Waals surface area (Å²) in [6.07, 6.45) is -0.735. The van der Waals surface area contributed by atoms with Crippen LogP contribution in [0.2, 0.25) is 0 Å². The molecular weight excluding hydrogens is 532 g/mol. The quantitative estimate of drug-likeness (QED) is 0.217. The zero-order chi connectivity index (χ0) is 28.2. The second-order valence-corrected chi connectivity index (χ2v) is 9.77. The van der Waals surface area contributed by atoms with E-state index in [4.69, 9.17) is 18.6 Å². The van der Waals surface area contributed by atoms with Gasteiger partial charge in [0.25, 0.3) is 5.91 Å². The van der Waals surface area contributed by atoms with Crippen molar-refractivity contribution in [1.82, 2.24) is 4.98 Å². The number of methoxy groups -OCH3 is 1. The highest BCUT2D eigenvalue weighted by Crippen LogP contribution is 2.33. The van der Waals surface area contributed by atoms with Crippen LogP contribution in [-0.2, 0) is 9.53 Å². The number of fused-ring (bicyclic) bond motifs is 2. The molecule has 1 unspecified atom stereocenters. The lowest BCUT2D eigenvalue weighted by molar-refractivity contribution is -0.122. The van der Waals surface area contributed by atoms with Crippen LogP contribution in [-0.4, -0.2) is 36.7 Å². The average Bonchev–Trinajstić information content (AvgIpc) is 3.38. The molecule has 2 heterocycles. The number of anilines is 1. The maximum atomic E-state index is 13.5. The molecule has 0 bridgehead atoms. The Labute approximate surface area is 233 Å². The molecule has 0 fully saturated rings. The summed E-state index contributed by atoms with van der Waals surface area (Å²) in [4.78, 5) is 43.4. The molecule has 40 heavy (non-hydrogen) atoms. The molecule has 9 nitrogen and oxygen atoms in total. The lowest BCUT2D eigenvalue weighted by atomic mass is 10.1. The van der Waals surface area contributed by atoms with Gasteiger partial charge in [-0.1, -0.05) is 30.4 Å². The van der Waals surface area contributed by atoms with Gasteiger partial charge in [-0.25, -0.2) is 9.78 Å². The molecule has 0 spiro atoms. The number of rotatable bonds is 9. The predicted octanol–water partition coefficient (Wildman–Crippen LogP) is 6.05. The predicted molar refractivity (Wildman–Crippen MR) is 153 cm³/mol. The topological polar surface area (TPSA) is 117 Å². The van der Waals surface area contributed by atoms with Gasteiger partial charge in [-0.15, -0.1) is 0 Å². The number of ether oxygens (including phenoxy) is 3. The van der Waals surface area contributed by atoms with Gasteiger partial charge in [0.05, 0.1) is 34.9 Å². The molecule has 0 aliphatic carbocycles. The van der Waals surface area contributed by atoms with E-state index in [1.165, 1.54) is 11.3 Å². The molecule has 0 aliphatic rings. The fourth-order valence-corrected chi connectivity index (χ4v) is 5.04. The Kier molecular flexibility index (Phi) is 7.79. The molecule has 1 N–H and O–H groups in total. The van der Waals surface area contributed by atoms with E-state index in [0.717, 1.165) is 0 Å². The molecule has 3 aromatic carbocycles. The zero-order valence-corrected chi connectivity index (χ0v) is 22.9. The number of esters is 1. The minimum absolute atomic E-state index is 0.0609. The summed E-state index contributed by atoms with van der Waals surface area (Å²) in [5.74, 6) is -0.103. The van der Waals surface area contributed by atoms with Crippen LogP contribution in [0, 0.1) is 0 Å². The lowest BCUT2D eigenvalue weighted by Gasteiger charge is -2.18. The zero-order valence-electron chi connectivity index (χ0n) is 22.1. The van der Waals surface area contributed by atoms with Crippen molar-refractivity contribution in [2.45, 2.75) is 26.4 Å². The van der Waals surface area contributed by atoms with Gasteiger partial charge in [0.15, 0.2) is 17.0 Å². The van der Waals surface area contributed by atoms with Crippen molar-refractivity contribution < 1.29 is 28.2 Å². The third kappa shape index (κ3) is 5.39. The van der Waals surface area contributed by atoms with E-state index in [2.05, 4.69) is 10.3 Å². The first-order chi connectivity index (χ1) is 19.4. The summed E-state index contributed by atoms with van der Waals surface area (Å²) in [6, 6.07) is 18.9. The van der Waals surface area contributed by atoms with Crippen LogP contribution in [0.3, 0.4) is 0 Å². The third-order valence-electron chi connectivity index (χ3n) is 6.16. The number of carbonyl (C=O) groups excluding carboxylic acids is 2. The van der Waals surface area contributed by atoms with Gasteiger partial charge in [-0.3, -0.25) is 14.9 Å². The Balaban J connectivity index is 1.45. The molecule has 10 heteroatoms. The average molecular weight is 559 g/mol. The Bertz CT molecular complexity index is 1760. The number of para-hydroxylation sites is 1. The molecule has 2 aromatic heterocycles. The molecule has 5 rings (SSSR count). The van der Waals surface area contributed by atoms with E-state index in [1.807, 2.05) is 0 Å². The van der Waals surface area contributed by atoms with Crippen LogP contribution in [0.1, 0.15) is 30.6 Å². The molecule has 1 atom stereocenters. The maximum absolute atomic E-state index is 13.5. The highest BCUT2D eigenvalue weighted by molar-refractivity contribution is 7.22. The number of amides is 1. The fraction of sp³-hybridized carbons (Fsp3) is 0.200.